The summed E-state index contributed by atoms with van der Waals surface area (Å²) in [4.78, 5) is 9.40. The number of hydrogen-bond donors (Lipinski definition) is 0. The van der Waals surface area contributed by atoms with Crippen molar-refractivity contribution in [3.63, 3.8) is 0 Å². The summed E-state index contributed by atoms with van der Waals surface area (Å²) in [6.07, 6.45) is 5.39. The Morgan fingerprint density at radius 3 is 1.19 bits per heavy atom. The van der Waals surface area contributed by atoms with Gasteiger partial charge in [0.2, 0.25) is 0 Å². The first-order valence-corrected chi connectivity index (χ1v) is 20.3. The lowest BCUT2D eigenvalue weighted by atomic mass is 9.75. The van der Waals surface area contributed by atoms with E-state index in [1.807, 2.05) is 24.3 Å². The van der Waals surface area contributed by atoms with E-state index < -0.39 is 0 Å². The van der Waals surface area contributed by atoms with Crippen molar-refractivity contribution in [1.82, 2.24) is 0 Å². The number of para-hydroxylation sites is 4. The summed E-state index contributed by atoms with van der Waals surface area (Å²) in [6, 6.07) is 50.7. The van der Waals surface area contributed by atoms with Crippen molar-refractivity contribution in [2.75, 3.05) is 9.80 Å². The Morgan fingerprint density at radius 1 is 0.407 bits per heavy atom. The second kappa shape index (κ2) is 13.8. The van der Waals surface area contributed by atoms with Crippen LogP contribution in [0, 0.1) is 11.6 Å². The highest BCUT2D eigenvalue weighted by molar-refractivity contribution is 8.00. The molecule has 0 spiro atoms. The average Bonchev–Trinajstić information content (AvgIpc) is 3.21. The van der Waals surface area contributed by atoms with Gasteiger partial charge < -0.3 is 9.80 Å². The summed E-state index contributed by atoms with van der Waals surface area (Å²) in [6.45, 7) is 0. The molecule has 7 aromatic carbocycles. The van der Waals surface area contributed by atoms with Crippen LogP contribution in [0.25, 0.3) is 22.3 Å². The molecule has 0 radical (unpaired) electrons. The lowest BCUT2D eigenvalue weighted by molar-refractivity contribution is 0.445. The van der Waals surface area contributed by atoms with Crippen LogP contribution in [0.15, 0.2) is 171 Å². The third-order valence-corrected chi connectivity index (χ3v) is 13.2. The number of rotatable bonds is 5. The van der Waals surface area contributed by atoms with Crippen molar-refractivity contribution in [2.45, 2.75) is 57.6 Å². The first-order chi connectivity index (χ1) is 26.6. The van der Waals surface area contributed by atoms with E-state index in [-0.39, 0.29) is 17.6 Å². The van der Waals surface area contributed by atoms with Gasteiger partial charge in [0.05, 0.1) is 34.1 Å². The number of hydrogen-bond acceptors (Lipinski definition) is 4. The van der Waals surface area contributed by atoms with Crippen LogP contribution in [0.5, 0.6) is 0 Å². The SMILES string of the molecule is Fc1cccc(-c2c(N3c4ccccc4Sc4ccccc43)cc(N3c4ccccc4Sc4ccccc43)c(-c3cccc(F)c3)c2C2CCCCC2)c1. The molecule has 0 amide bonds. The van der Waals surface area contributed by atoms with Gasteiger partial charge in [0, 0.05) is 30.7 Å². The molecule has 2 aliphatic heterocycles. The van der Waals surface area contributed by atoms with E-state index in [9.17, 15) is 0 Å². The molecule has 3 aliphatic rings. The quantitative estimate of drug-likeness (QED) is 0.173. The van der Waals surface area contributed by atoms with Crippen molar-refractivity contribution in [3.05, 3.63) is 169 Å². The second-order valence-corrected chi connectivity index (χ2v) is 16.3. The van der Waals surface area contributed by atoms with Gasteiger partial charge in [0.25, 0.3) is 0 Å². The zero-order valence-corrected chi connectivity index (χ0v) is 31.1. The molecule has 2 heterocycles. The lowest BCUT2D eigenvalue weighted by Crippen LogP contribution is -2.21. The van der Waals surface area contributed by atoms with Crippen LogP contribution in [0.2, 0.25) is 0 Å². The van der Waals surface area contributed by atoms with E-state index in [4.69, 9.17) is 0 Å². The van der Waals surface area contributed by atoms with Gasteiger partial charge in [-0.05, 0) is 114 Å². The highest BCUT2D eigenvalue weighted by Crippen LogP contribution is 2.60. The highest BCUT2D eigenvalue weighted by Gasteiger charge is 2.36. The van der Waals surface area contributed by atoms with E-state index in [1.165, 1.54) is 18.6 Å². The fourth-order valence-electron chi connectivity index (χ4n) is 8.65. The normalized spacial score (nSPS) is 14.9. The van der Waals surface area contributed by atoms with Gasteiger partial charge >= 0.3 is 0 Å². The molecular formula is C48H36F2N2S2. The van der Waals surface area contributed by atoms with Gasteiger partial charge in [-0.15, -0.1) is 0 Å². The van der Waals surface area contributed by atoms with Crippen molar-refractivity contribution in [2.24, 2.45) is 0 Å². The van der Waals surface area contributed by atoms with E-state index in [0.29, 0.717) is 0 Å². The van der Waals surface area contributed by atoms with Crippen LogP contribution in [0.3, 0.4) is 0 Å². The van der Waals surface area contributed by atoms with Crippen LogP contribution in [0.4, 0.5) is 42.9 Å². The minimum Gasteiger partial charge on any atom is -0.308 e. The standard InChI is InChI=1S/C48H36F2N2S2/c49-34-18-12-16-32(28-34)46-40(51-36-20-4-8-24-42(36)53-43-25-9-5-21-37(43)51)30-41(52-38-22-6-10-26-44(38)54-45-27-11-7-23-39(45)52)47(33-17-13-19-35(50)29-33)48(46)31-14-2-1-3-15-31/h4-13,16-31H,1-3,14-15H2. The topological polar surface area (TPSA) is 6.48 Å². The van der Waals surface area contributed by atoms with Crippen LogP contribution >= 0.6 is 23.5 Å². The molecule has 0 bridgehead atoms. The largest absolute Gasteiger partial charge is 0.308 e. The first-order valence-electron chi connectivity index (χ1n) is 18.7. The maximum atomic E-state index is 15.6. The zero-order chi connectivity index (χ0) is 36.2. The van der Waals surface area contributed by atoms with Gasteiger partial charge in [-0.1, -0.05) is 116 Å². The third kappa shape index (κ3) is 5.71. The molecule has 264 valence electrons. The fourth-order valence-corrected chi connectivity index (χ4v) is 10.8. The van der Waals surface area contributed by atoms with E-state index >= 15 is 8.78 Å². The summed E-state index contributed by atoms with van der Waals surface area (Å²) in [5.74, 6) is -0.394. The number of fused-ring (bicyclic) bond motifs is 4. The van der Waals surface area contributed by atoms with Crippen LogP contribution in [-0.4, -0.2) is 0 Å². The Balaban J connectivity index is 1.41. The average molecular weight is 743 g/mol. The van der Waals surface area contributed by atoms with Crippen molar-refractivity contribution >= 4 is 57.6 Å². The number of nitrogens with zero attached hydrogens (tertiary/aromatic N) is 2. The molecule has 1 aliphatic carbocycles. The summed E-state index contributed by atoms with van der Waals surface area (Å²) < 4.78 is 31.2. The molecular weight excluding hydrogens is 707 g/mol. The molecule has 0 N–H and O–H groups in total. The van der Waals surface area contributed by atoms with Crippen molar-refractivity contribution in [3.8, 4) is 22.3 Å². The monoisotopic (exact) mass is 742 g/mol. The van der Waals surface area contributed by atoms with Gasteiger partial charge in [0.1, 0.15) is 11.6 Å². The highest BCUT2D eigenvalue weighted by atomic mass is 32.2. The zero-order valence-electron chi connectivity index (χ0n) is 29.5. The molecule has 7 aromatic rings. The summed E-state index contributed by atoms with van der Waals surface area (Å²) >= 11 is 3.55. The molecule has 2 nitrogen and oxygen atoms in total. The van der Waals surface area contributed by atoms with Crippen LogP contribution < -0.4 is 9.80 Å². The Labute approximate surface area is 323 Å². The number of anilines is 6. The summed E-state index contributed by atoms with van der Waals surface area (Å²) in [5, 5.41) is 0. The number of halogens is 2. The first kappa shape index (κ1) is 33.3. The fraction of sp³-hybridized carbons (Fsp3) is 0.125. The molecule has 0 unspecified atom stereocenters. The van der Waals surface area contributed by atoms with E-state index in [2.05, 4.69) is 113 Å². The Kier molecular flexibility index (Phi) is 8.53. The van der Waals surface area contributed by atoms with Crippen LogP contribution in [-0.2, 0) is 0 Å². The Morgan fingerprint density at radius 2 is 0.796 bits per heavy atom. The molecule has 6 heteroatoms. The van der Waals surface area contributed by atoms with Crippen LogP contribution in [0.1, 0.15) is 43.6 Å². The van der Waals surface area contributed by atoms with E-state index in [1.54, 1.807) is 35.7 Å². The van der Waals surface area contributed by atoms with Gasteiger partial charge in [-0.2, -0.15) is 0 Å². The molecule has 0 aromatic heterocycles. The second-order valence-electron chi connectivity index (χ2n) is 14.2. The van der Waals surface area contributed by atoms with Gasteiger partial charge in [0.15, 0.2) is 0 Å². The van der Waals surface area contributed by atoms with Crippen molar-refractivity contribution < 1.29 is 8.78 Å². The van der Waals surface area contributed by atoms with E-state index in [0.717, 1.165) is 107 Å². The Hall–Kier alpha value is -5.30. The smallest absolute Gasteiger partial charge is 0.123 e. The number of benzene rings is 7. The Bertz CT molecular complexity index is 2300. The molecule has 54 heavy (non-hydrogen) atoms. The van der Waals surface area contributed by atoms with Crippen molar-refractivity contribution in [1.29, 1.82) is 0 Å². The predicted octanol–water partition coefficient (Wildman–Crippen LogP) is 15.2. The summed E-state index contributed by atoms with van der Waals surface area (Å²) in [7, 11) is 0. The minimum absolute atomic E-state index is 0.170. The lowest BCUT2D eigenvalue weighted by Gasteiger charge is -2.40. The predicted molar refractivity (Wildman–Crippen MR) is 221 cm³/mol. The molecule has 10 rings (SSSR count). The third-order valence-electron chi connectivity index (χ3n) is 10.9. The minimum atomic E-state index is -0.282. The molecule has 1 saturated carbocycles. The summed E-state index contributed by atoms with van der Waals surface area (Å²) in [5.41, 5.74) is 11.0. The van der Waals surface area contributed by atoms with Gasteiger partial charge in [-0.25, -0.2) is 8.78 Å². The molecule has 0 atom stereocenters. The maximum absolute atomic E-state index is 15.6. The molecule has 0 saturated heterocycles. The molecule has 1 fully saturated rings. The maximum Gasteiger partial charge on any atom is 0.123 e. The van der Waals surface area contributed by atoms with Gasteiger partial charge in [-0.3, -0.25) is 0 Å².